The van der Waals surface area contributed by atoms with E-state index in [1.165, 1.54) is 25.6 Å². The molecule has 0 spiro atoms. The molecule has 0 unspecified atom stereocenters. The third-order valence-corrected chi connectivity index (χ3v) is 6.81. The standard InChI is InChI=1S/C23H22N2O5S/c1-12-17(22(27)29-2)18(13-6-4-8-24-11-13)20-15(25-12)10-14(16-7-5-9-31-16)19(21(20)26)23(28)30-3/h4-9,11,14,18-19,25H,10H2,1-3H3/t14-,18-,19+/m0/s1. The number of nitrogens with one attached hydrogen (secondary N) is 1. The summed E-state index contributed by atoms with van der Waals surface area (Å²) in [5, 5.41) is 5.17. The maximum Gasteiger partial charge on any atom is 0.336 e. The van der Waals surface area contributed by atoms with Gasteiger partial charge in [-0.3, -0.25) is 14.6 Å². The Hall–Kier alpha value is -3.26. The number of hydrogen-bond donors (Lipinski definition) is 1. The number of methoxy groups -OCH3 is 2. The Labute approximate surface area is 183 Å². The minimum absolute atomic E-state index is 0.334. The third-order valence-electron chi connectivity index (χ3n) is 5.81. The molecule has 2 aliphatic rings. The van der Waals surface area contributed by atoms with Crippen LogP contribution in [0.4, 0.5) is 0 Å². The van der Waals surface area contributed by atoms with Gasteiger partial charge in [-0.25, -0.2) is 4.79 Å². The Balaban J connectivity index is 1.90. The number of carbonyl (C=O) groups excluding carboxylic acids is 3. The maximum absolute atomic E-state index is 13.8. The molecule has 3 heterocycles. The second kappa shape index (κ2) is 8.47. The van der Waals surface area contributed by atoms with Gasteiger partial charge in [-0.1, -0.05) is 12.1 Å². The lowest BCUT2D eigenvalue weighted by atomic mass is 9.68. The second-order valence-corrected chi connectivity index (χ2v) is 8.44. The average molecular weight is 439 g/mol. The minimum atomic E-state index is -0.985. The molecule has 2 aromatic heterocycles. The number of rotatable bonds is 4. The Morgan fingerprint density at radius 2 is 2.00 bits per heavy atom. The van der Waals surface area contributed by atoms with E-state index < -0.39 is 23.8 Å². The molecule has 0 aromatic carbocycles. The Kier molecular flexibility index (Phi) is 5.73. The van der Waals surface area contributed by atoms with Crippen molar-refractivity contribution in [3.63, 3.8) is 0 Å². The van der Waals surface area contributed by atoms with Crippen molar-refractivity contribution in [1.29, 1.82) is 0 Å². The second-order valence-electron chi connectivity index (χ2n) is 7.46. The number of Topliss-reactive ketones (excluding diaryl/α,β-unsaturated/α-hetero) is 1. The van der Waals surface area contributed by atoms with Gasteiger partial charge in [0.25, 0.3) is 0 Å². The zero-order chi connectivity index (χ0) is 22.1. The molecule has 1 N–H and O–H groups in total. The Bertz CT molecular complexity index is 1090. The number of thiophene rings is 1. The predicted molar refractivity (Wildman–Crippen MR) is 114 cm³/mol. The van der Waals surface area contributed by atoms with Gasteiger partial charge in [0, 0.05) is 46.1 Å². The van der Waals surface area contributed by atoms with Gasteiger partial charge in [0.05, 0.1) is 19.8 Å². The van der Waals surface area contributed by atoms with Gasteiger partial charge in [-0.05, 0) is 36.4 Å². The zero-order valence-electron chi connectivity index (χ0n) is 17.4. The highest BCUT2D eigenvalue weighted by Crippen LogP contribution is 2.48. The number of nitrogens with zero attached hydrogens (tertiary/aromatic N) is 1. The molecule has 0 saturated heterocycles. The lowest BCUT2D eigenvalue weighted by molar-refractivity contribution is -0.149. The number of carbonyl (C=O) groups is 3. The summed E-state index contributed by atoms with van der Waals surface area (Å²) in [4.78, 5) is 44.4. The van der Waals surface area contributed by atoms with E-state index in [-0.39, 0.29) is 11.7 Å². The van der Waals surface area contributed by atoms with Crippen LogP contribution >= 0.6 is 11.3 Å². The number of ketones is 1. The molecule has 0 amide bonds. The van der Waals surface area contributed by atoms with Crippen molar-refractivity contribution in [3.05, 3.63) is 75.0 Å². The quantitative estimate of drug-likeness (QED) is 0.579. The fourth-order valence-electron chi connectivity index (χ4n) is 4.46. The SMILES string of the molecule is COC(=O)C1=C(C)NC2=C(C(=O)[C@H](C(=O)OC)[C@H](c3cccs3)C2)[C@H]1c1cccnc1. The largest absolute Gasteiger partial charge is 0.468 e. The van der Waals surface area contributed by atoms with Gasteiger partial charge in [-0.15, -0.1) is 11.3 Å². The van der Waals surface area contributed by atoms with Crippen molar-refractivity contribution in [2.24, 2.45) is 5.92 Å². The summed E-state index contributed by atoms with van der Waals surface area (Å²) in [6.45, 7) is 1.79. The minimum Gasteiger partial charge on any atom is -0.468 e. The summed E-state index contributed by atoms with van der Waals surface area (Å²) in [6.07, 6.45) is 3.70. The van der Waals surface area contributed by atoms with E-state index >= 15 is 0 Å². The van der Waals surface area contributed by atoms with Gasteiger partial charge < -0.3 is 14.8 Å². The number of esters is 2. The lowest BCUT2D eigenvalue weighted by Crippen LogP contribution is -2.43. The van der Waals surface area contributed by atoms with Crippen LogP contribution in [0.5, 0.6) is 0 Å². The van der Waals surface area contributed by atoms with Crippen molar-refractivity contribution in [2.75, 3.05) is 14.2 Å². The van der Waals surface area contributed by atoms with Gasteiger partial charge in [0.15, 0.2) is 5.78 Å². The van der Waals surface area contributed by atoms with E-state index in [1.54, 1.807) is 25.4 Å². The normalized spacial score (nSPS) is 23.2. The van der Waals surface area contributed by atoms with E-state index in [0.29, 0.717) is 34.5 Å². The highest BCUT2D eigenvalue weighted by atomic mass is 32.1. The first-order valence-corrected chi connectivity index (χ1v) is 10.7. The first-order valence-electron chi connectivity index (χ1n) is 9.82. The maximum atomic E-state index is 13.8. The molecule has 0 saturated carbocycles. The van der Waals surface area contributed by atoms with E-state index in [9.17, 15) is 14.4 Å². The molecule has 4 rings (SSSR count). The molecule has 0 bridgehead atoms. The predicted octanol–water partition coefficient (Wildman–Crippen LogP) is 3.08. The van der Waals surface area contributed by atoms with Crippen LogP contribution in [0.3, 0.4) is 0 Å². The van der Waals surface area contributed by atoms with Gasteiger partial charge in [-0.2, -0.15) is 0 Å². The number of dihydropyridines is 1. The van der Waals surface area contributed by atoms with Crippen LogP contribution in [0.15, 0.2) is 64.6 Å². The third kappa shape index (κ3) is 3.57. The molecule has 8 heteroatoms. The summed E-state index contributed by atoms with van der Waals surface area (Å²) in [6, 6.07) is 7.39. The van der Waals surface area contributed by atoms with E-state index in [0.717, 1.165) is 4.88 Å². The van der Waals surface area contributed by atoms with Crippen molar-refractivity contribution >= 4 is 29.1 Å². The molecule has 1 aliphatic carbocycles. The molecule has 160 valence electrons. The van der Waals surface area contributed by atoms with Crippen molar-refractivity contribution in [3.8, 4) is 0 Å². The van der Waals surface area contributed by atoms with Crippen molar-refractivity contribution in [1.82, 2.24) is 10.3 Å². The van der Waals surface area contributed by atoms with E-state index in [4.69, 9.17) is 9.47 Å². The summed E-state index contributed by atoms with van der Waals surface area (Å²) < 4.78 is 10.0. The monoisotopic (exact) mass is 438 g/mol. The van der Waals surface area contributed by atoms with Crippen molar-refractivity contribution < 1.29 is 23.9 Å². The number of hydrogen-bond acceptors (Lipinski definition) is 8. The fraction of sp³-hybridized carbons (Fsp3) is 0.304. The molecule has 1 aliphatic heterocycles. The summed E-state index contributed by atoms with van der Waals surface area (Å²) in [5.74, 6) is -3.46. The molecule has 7 nitrogen and oxygen atoms in total. The van der Waals surface area contributed by atoms with Gasteiger partial charge in [0.2, 0.25) is 0 Å². The first kappa shape index (κ1) is 21.0. The molecule has 2 aromatic rings. The molecule has 3 atom stereocenters. The molecule has 0 radical (unpaired) electrons. The smallest absolute Gasteiger partial charge is 0.336 e. The summed E-state index contributed by atoms with van der Waals surface area (Å²) in [5.41, 5.74) is 2.74. The summed E-state index contributed by atoms with van der Waals surface area (Å²) in [7, 11) is 2.59. The van der Waals surface area contributed by atoms with Crippen LogP contribution in [0.25, 0.3) is 0 Å². The van der Waals surface area contributed by atoms with E-state index in [2.05, 4.69) is 10.3 Å². The molecule has 0 fully saturated rings. The Morgan fingerprint density at radius 1 is 1.19 bits per heavy atom. The van der Waals surface area contributed by atoms with Crippen LogP contribution in [-0.4, -0.2) is 36.9 Å². The fourth-order valence-corrected chi connectivity index (χ4v) is 5.33. The molecular weight excluding hydrogens is 416 g/mol. The van der Waals surface area contributed by atoms with Crippen LogP contribution in [0.2, 0.25) is 0 Å². The number of allylic oxidation sites excluding steroid dienone is 3. The Morgan fingerprint density at radius 3 is 2.61 bits per heavy atom. The van der Waals surface area contributed by atoms with Crippen LogP contribution in [0.1, 0.15) is 35.6 Å². The van der Waals surface area contributed by atoms with E-state index in [1.807, 2.05) is 23.6 Å². The van der Waals surface area contributed by atoms with Crippen LogP contribution in [0, 0.1) is 5.92 Å². The number of aromatic nitrogens is 1. The van der Waals surface area contributed by atoms with Crippen molar-refractivity contribution in [2.45, 2.75) is 25.2 Å². The molecular formula is C23H22N2O5S. The number of ether oxygens (including phenoxy) is 2. The topological polar surface area (TPSA) is 94.6 Å². The lowest BCUT2D eigenvalue weighted by Gasteiger charge is -2.38. The molecule has 31 heavy (non-hydrogen) atoms. The first-order chi connectivity index (χ1) is 15.0. The van der Waals surface area contributed by atoms with Gasteiger partial charge >= 0.3 is 11.9 Å². The number of pyridine rings is 1. The zero-order valence-corrected chi connectivity index (χ0v) is 18.2. The van der Waals surface area contributed by atoms with Crippen LogP contribution < -0.4 is 5.32 Å². The highest BCUT2D eigenvalue weighted by Gasteiger charge is 2.49. The average Bonchev–Trinajstić information content (AvgIpc) is 3.32. The van der Waals surface area contributed by atoms with Gasteiger partial charge in [0.1, 0.15) is 5.92 Å². The van der Waals surface area contributed by atoms with Crippen LogP contribution in [-0.2, 0) is 23.9 Å². The highest BCUT2D eigenvalue weighted by molar-refractivity contribution is 7.10. The summed E-state index contributed by atoms with van der Waals surface area (Å²) >= 11 is 1.50.